The van der Waals surface area contributed by atoms with Crippen LogP contribution in [0.1, 0.15) is 6.42 Å². The lowest BCUT2D eigenvalue weighted by Crippen LogP contribution is -2.28. The molecule has 0 rings (SSSR count). The summed E-state index contributed by atoms with van der Waals surface area (Å²) >= 11 is 0. The lowest BCUT2D eigenvalue weighted by atomic mass is 10.1. The van der Waals surface area contributed by atoms with Crippen LogP contribution < -0.4 is 0 Å². The number of aliphatic hydroxyl groups is 3. The van der Waals surface area contributed by atoms with E-state index in [0.29, 0.717) is 6.42 Å². The van der Waals surface area contributed by atoms with Gasteiger partial charge in [0.05, 0.1) is 12.7 Å². The van der Waals surface area contributed by atoms with Crippen molar-refractivity contribution in [2.75, 3.05) is 6.61 Å². The van der Waals surface area contributed by atoms with E-state index in [1.807, 2.05) is 0 Å². The van der Waals surface area contributed by atoms with Gasteiger partial charge in [-0.15, -0.1) is 6.58 Å². The zero-order chi connectivity index (χ0) is 7.28. The Morgan fingerprint density at radius 1 is 1.33 bits per heavy atom. The van der Waals surface area contributed by atoms with Gasteiger partial charge in [0.25, 0.3) is 0 Å². The number of rotatable bonds is 4. The summed E-state index contributed by atoms with van der Waals surface area (Å²) in [5, 5.41) is 25.8. The number of hydrogen-bond donors (Lipinski definition) is 3. The van der Waals surface area contributed by atoms with Crippen molar-refractivity contribution in [1.29, 1.82) is 0 Å². The third kappa shape index (κ3) is 3.24. The quantitative estimate of drug-likeness (QED) is 0.442. The molecule has 9 heavy (non-hydrogen) atoms. The van der Waals surface area contributed by atoms with E-state index in [-0.39, 0.29) is 0 Å². The van der Waals surface area contributed by atoms with Crippen molar-refractivity contribution in [3.8, 4) is 0 Å². The second-order valence-electron chi connectivity index (χ2n) is 1.84. The molecule has 3 N–H and O–H groups in total. The molecule has 0 heterocycles. The zero-order valence-corrected chi connectivity index (χ0v) is 5.20. The molecule has 0 aromatic carbocycles. The number of hydrogen-bond acceptors (Lipinski definition) is 3. The maximum absolute atomic E-state index is 8.84. The molecule has 0 saturated carbocycles. The second kappa shape index (κ2) is 4.49. The Labute approximate surface area is 54.3 Å². The van der Waals surface area contributed by atoms with Crippen LogP contribution in [0.2, 0.25) is 0 Å². The SMILES string of the molecule is C=CCC(O)C(O)CO. The van der Waals surface area contributed by atoms with Crippen molar-refractivity contribution in [3.05, 3.63) is 12.7 Å². The highest BCUT2D eigenvalue weighted by Crippen LogP contribution is 1.97. The molecule has 0 saturated heterocycles. The fourth-order valence-corrected chi connectivity index (χ4v) is 0.450. The maximum Gasteiger partial charge on any atom is 0.103 e. The highest BCUT2D eigenvalue weighted by Gasteiger charge is 2.11. The van der Waals surface area contributed by atoms with Gasteiger partial charge in [-0.3, -0.25) is 0 Å². The van der Waals surface area contributed by atoms with Crippen LogP contribution in [0, 0.1) is 0 Å². The normalized spacial score (nSPS) is 16.8. The summed E-state index contributed by atoms with van der Waals surface area (Å²) in [6, 6.07) is 0. The molecule has 0 bridgehead atoms. The van der Waals surface area contributed by atoms with Crippen LogP contribution in [0.15, 0.2) is 12.7 Å². The highest BCUT2D eigenvalue weighted by atomic mass is 16.4. The fraction of sp³-hybridized carbons (Fsp3) is 0.667. The van der Waals surface area contributed by atoms with Crippen LogP contribution in [0.3, 0.4) is 0 Å². The Kier molecular flexibility index (Phi) is 4.30. The fourth-order valence-electron chi connectivity index (χ4n) is 0.450. The molecule has 0 aromatic rings. The van der Waals surface area contributed by atoms with Crippen molar-refractivity contribution in [3.63, 3.8) is 0 Å². The van der Waals surface area contributed by atoms with Crippen LogP contribution in [0.4, 0.5) is 0 Å². The molecular weight excluding hydrogens is 120 g/mol. The van der Waals surface area contributed by atoms with Crippen molar-refractivity contribution in [1.82, 2.24) is 0 Å². The lowest BCUT2D eigenvalue weighted by molar-refractivity contribution is -0.0119. The molecule has 0 aliphatic heterocycles. The largest absolute Gasteiger partial charge is 0.394 e. The predicted octanol–water partition coefficient (Wildman–Crippen LogP) is -0.723. The average Bonchev–Trinajstić information content (AvgIpc) is 1.87. The standard InChI is InChI=1S/C6H12O3/c1-2-3-5(8)6(9)4-7/h2,5-9H,1,3-4H2. The Morgan fingerprint density at radius 3 is 2.22 bits per heavy atom. The molecule has 0 aliphatic carbocycles. The maximum atomic E-state index is 8.84. The summed E-state index contributed by atoms with van der Waals surface area (Å²) in [5.74, 6) is 0. The summed E-state index contributed by atoms with van der Waals surface area (Å²) < 4.78 is 0. The van der Waals surface area contributed by atoms with Crippen LogP contribution in [-0.2, 0) is 0 Å². The molecule has 54 valence electrons. The van der Waals surface area contributed by atoms with Gasteiger partial charge in [0.2, 0.25) is 0 Å². The van der Waals surface area contributed by atoms with Crippen LogP contribution in [0.25, 0.3) is 0 Å². The summed E-state index contributed by atoms with van der Waals surface area (Å²) in [6.45, 7) is 2.96. The van der Waals surface area contributed by atoms with Gasteiger partial charge in [-0.1, -0.05) is 6.08 Å². The second-order valence-corrected chi connectivity index (χ2v) is 1.84. The minimum atomic E-state index is -1.04. The van der Waals surface area contributed by atoms with Crippen molar-refractivity contribution in [2.45, 2.75) is 18.6 Å². The van der Waals surface area contributed by atoms with Crippen LogP contribution in [0.5, 0.6) is 0 Å². The molecular formula is C6H12O3. The molecule has 3 nitrogen and oxygen atoms in total. The lowest BCUT2D eigenvalue weighted by Gasteiger charge is -2.12. The highest BCUT2D eigenvalue weighted by molar-refractivity contribution is 4.76. The van der Waals surface area contributed by atoms with E-state index in [2.05, 4.69) is 6.58 Å². The molecule has 0 spiro atoms. The van der Waals surface area contributed by atoms with E-state index >= 15 is 0 Å². The van der Waals surface area contributed by atoms with E-state index in [1.54, 1.807) is 0 Å². The third-order valence-corrected chi connectivity index (χ3v) is 1.04. The first kappa shape index (κ1) is 8.62. The molecule has 0 aliphatic rings. The minimum Gasteiger partial charge on any atom is -0.394 e. The van der Waals surface area contributed by atoms with Gasteiger partial charge in [0.1, 0.15) is 6.10 Å². The summed E-state index contributed by atoms with van der Waals surface area (Å²) in [7, 11) is 0. The Balaban J connectivity index is 3.44. The van der Waals surface area contributed by atoms with Crippen LogP contribution >= 0.6 is 0 Å². The van der Waals surface area contributed by atoms with Crippen molar-refractivity contribution < 1.29 is 15.3 Å². The smallest absolute Gasteiger partial charge is 0.103 e. The first-order chi connectivity index (χ1) is 4.22. The van der Waals surface area contributed by atoms with E-state index in [1.165, 1.54) is 6.08 Å². The van der Waals surface area contributed by atoms with Crippen molar-refractivity contribution in [2.24, 2.45) is 0 Å². The van der Waals surface area contributed by atoms with Gasteiger partial charge in [0.15, 0.2) is 0 Å². The summed E-state index contributed by atoms with van der Waals surface area (Å²) in [6.07, 6.45) is -0.124. The van der Waals surface area contributed by atoms with Gasteiger partial charge in [-0.2, -0.15) is 0 Å². The summed E-state index contributed by atoms with van der Waals surface area (Å²) in [4.78, 5) is 0. The van der Waals surface area contributed by atoms with Gasteiger partial charge in [-0.05, 0) is 6.42 Å². The van der Waals surface area contributed by atoms with E-state index in [0.717, 1.165) is 0 Å². The van der Waals surface area contributed by atoms with Crippen LogP contribution in [-0.4, -0.2) is 34.1 Å². The van der Waals surface area contributed by atoms with Gasteiger partial charge in [0, 0.05) is 0 Å². The average molecular weight is 132 g/mol. The first-order valence-corrected chi connectivity index (χ1v) is 2.80. The van der Waals surface area contributed by atoms with Gasteiger partial charge >= 0.3 is 0 Å². The Hall–Kier alpha value is -0.380. The topological polar surface area (TPSA) is 60.7 Å². The third-order valence-electron chi connectivity index (χ3n) is 1.04. The molecule has 0 amide bonds. The zero-order valence-electron chi connectivity index (χ0n) is 5.20. The molecule has 0 radical (unpaired) electrons. The van der Waals surface area contributed by atoms with Gasteiger partial charge < -0.3 is 15.3 Å². The monoisotopic (exact) mass is 132 g/mol. The van der Waals surface area contributed by atoms with Gasteiger partial charge in [-0.25, -0.2) is 0 Å². The molecule has 0 aromatic heterocycles. The minimum absolute atomic E-state index is 0.307. The molecule has 3 heteroatoms. The Morgan fingerprint density at radius 2 is 1.89 bits per heavy atom. The first-order valence-electron chi connectivity index (χ1n) is 2.80. The predicted molar refractivity (Wildman–Crippen MR) is 33.9 cm³/mol. The van der Waals surface area contributed by atoms with Crippen molar-refractivity contribution >= 4 is 0 Å². The molecule has 0 fully saturated rings. The summed E-state index contributed by atoms with van der Waals surface area (Å²) in [5.41, 5.74) is 0. The molecule has 2 atom stereocenters. The van der Waals surface area contributed by atoms with E-state index < -0.39 is 18.8 Å². The Bertz CT molecular complexity index is 82.4. The van der Waals surface area contributed by atoms with E-state index in [4.69, 9.17) is 15.3 Å². The number of aliphatic hydroxyl groups excluding tert-OH is 3. The molecule has 2 unspecified atom stereocenters. The van der Waals surface area contributed by atoms with E-state index in [9.17, 15) is 0 Å².